The molecule has 0 radical (unpaired) electrons. The molecule has 94 heavy (non-hydrogen) atoms. The van der Waals surface area contributed by atoms with Gasteiger partial charge in [0.25, 0.3) is 18.2 Å². The van der Waals surface area contributed by atoms with Gasteiger partial charge in [-0.15, -0.1) is 10.2 Å². The van der Waals surface area contributed by atoms with Crippen LogP contribution in [0.1, 0.15) is 94.5 Å². The SMILES string of the molecule is CCCCCCCCOc1ccc(-c2nnc(-c3ccc(C(=O)NC4C[C@@H](O)CNC(=O)[C@@H]5[C@@H](O)[C@@H](C)CN5C(=O)[C@H]([C@H](O)CCNC(CO)CO)NC(=O)[C@H]([C@H](O)Cc5ccc(O)c(OSOOO)c5)NC(=O)[C@@H]5C[C@@H](O)CN5C(=O)[C@H]([C@@H](C)O)NC4=O)cc3)o2)cc1. The lowest BCUT2D eigenvalue weighted by molar-refractivity contribution is -0.433. The summed E-state index contributed by atoms with van der Waals surface area (Å²) >= 11 is 0.0637. The second kappa shape index (κ2) is 35.7. The molecule has 33 heteroatoms. The highest BCUT2D eigenvalue weighted by molar-refractivity contribution is 7.90. The number of nitrogens with one attached hydrogen (secondary N) is 6. The minimum Gasteiger partial charge on any atom is -0.504 e. The van der Waals surface area contributed by atoms with Crippen molar-refractivity contribution in [2.45, 2.75) is 164 Å². The number of hydrogen-bond donors (Lipinski definition) is 16. The summed E-state index contributed by atoms with van der Waals surface area (Å²) in [5.74, 6) is -8.73. The lowest BCUT2D eigenvalue weighted by Crippen LogP contribution is -2.64. The van der Waals surface area contributed by atoms with Crippen molar-refractivity contribution < 1.29 is 107 Å². The Balaban J connectivity index is 1.17. The molecule has 3 aromatic carbocycles. The Kier molecular flexibility index (Phi) is 28.1. The third kappa shape index (κ3) is 20.0. The van der Waals surface area contributed by atoms with E-state index >= 15 is 0 Å². The number of hydrogen-bond acceptors (Lipinski definition) is 26. The van der Waals surface area contributed by atoms with Gasteiger partial charge in [0.05, 0.1) is 62.5 Å². The Morgan fingerprint density at radius 3 is 2.05 bits per heavy atom. The first-order valence-corrected chi connectivity index (χ1v) is 31.7. The topological polar surface area (TPSA) is 476 Å². The maximum absolute atomic E-state index is 15.0. The van der Waals surface area contributed by atoms with Gasteiger partial charge in [-0.05, 0) is 92.5 Å². The number of aliphatic hydroxyl groups is 8. The summed E-state index contributed by atoms with van der Waals surface area (Å²) in [6.07, 6.45) is -5.96. The van der Waals surface area contributed by atoms with Crippen LogP contribution in [0.2, 0.25) is 0 Å². The van der Waals surface area contributed by atoms with E-state index in [1.165, 1.54) is 56.5 Å². The molecule has 7 rings (SSSR count). The minimum absolute atomic E-state index is 0.0356. The number of carbonyl (C=O) groups excluding carboxylic acids is 7. The Morgan fingerprint density at radius 1 is 0.755 bits per heavy atom. The molecule has 13 atom stereocenters. The van der Waals surface area contributed by atoms with Crippen LogP contribution < -0.4 is 40.8 Å². The summed E-state index contributed by atoms with van der Waals surface area (Å²) in [5.41, 5.74) is 1.08. The maximum atomic E-state index is 15.0. The molecule has 32 nitrogen and oxygen atoms in total. The largest absolute Gasteiger partial charge is 0.504 e. The van der Waals surface area contributed by atoms with Crippen molar-refractivity contribution in [3.63, 3.8) is 0 Å². The molecule has 4 aromatic rings. The standard InChI is InChI=1S/C61H84N10O22S/c1-4-5-6-7-8-9-22-89-41-17-15-37(16-18-41)59-69-68-58(90-59)36-13-11-35(12-14-36)53(81)64-42-25-39(75)27-63-57(85)51-52(80)32(2)28-71(51)61(87)50(45(78)20-21-62-38(30-72)31-73)67-56(84)49(46(79)23-34-10-19-44(77)47(24-34)91-94-93-92-88)66-55(83)43-26-40(76)29-70(43)60(86)48(33(3)74)65-54(42)82/h10-19,24,32-33,38-40,42-43,45-46,48-52,62,72-80,88H,4-9,20-23,25-31H2,1-3H3,(H,63,85)(H,64,81)(H,65,82)(H,66,83)(H,67,84)/t32-,33+,39+,40+,42?,43-,45+,46+,48-,49-,50-,51-,52-/m0/s1. The first-order chi connectivity index (χ1) is 45.0. The molecule has 3 aliphatic rings. The second-order valence-electron chi connectivity index (χ2n) is 23.5. The number of amides is 7. The number of ether oxygens (including phenoxy) is 1. The third-order valence-electron chi connectivity index (χ3n) is 16.4. The van der Waals surface area contributed by atoms with Crippen molar-refractivity contribution in [3.8, 4) is 40.2 Å². The van der Waals surface area contributed by atoms with E-state index in [0.717, 1.165) is 48.1 Å². The van der Waals surface area contributed by atoms with Crippen molar-refractivity contribution in [2.24, 2.45) is 5.92 Å². The van der Waals surface area contributed by atoms with E-state index in [2.05, 4.69) is 58.4 Å². The highest BCUT2D eigenvalue weighted by Crippen LogP contribution is 2.32. The molecule has 7 amide bonds. The molecule has 3 aliphatic heterocycles. The van der Waals surface area contributed by atoms with Gasteiger partial charge in [-0.2, -0.15) is 0 Å². The number of unbranched alkanes of at least 4 members (excludes halogenated alkanes) is 5. The lowest BCUT2D eigenvalue weighted by atomic mass is 9.98. The van der Waals surface area contributed by atoms with Gasteiger partial charge in [0.15, 0.2) is 11.5 Å². The van der Waals surface area contributed by atoms with Crippen LogP contribution in [0.5, 0.6) is 17.2 Å². The molecule has 3 fully saturated rings. The van der Waals surface area contributed by atoms with Gasteiger partial charge in [0.1, 0.15) is 42.0 Å². The predicted molar refractivity (Wildman–Crippen MR) is 331 cm³/mol. The summed E-state index contributed by atoms with van der Waals surface area (Å²) in [6.45, 7) is 2.39. The average Bonchev–Trinajstić information content (AvgIpc) is 1.62. The molecule has 0 aliphatic carbocycles. The second-order valence-corrected chi connectivity index (χ2v) is 24.0. The number of aromatic hydroxyl groups is 1. The predicted octanol–water partition coefficient (Wildman–Crippen LogP) is -1.51. The number of aromatic nitrogens is 2. The molecule has 16 N–H and O–H groups in total. The summed E-state index contributed by atoms with van der Waals surface area (Å²) in [6, 6.07) is 4.06. The van der Waals surface area contributed by atoms with Crippen molar-refractivity contribution in [1.82, 2.24) is 51.9 Å². The van der Waals surface area contributed by atoms with Gasteiger partial charge in [0, 0.05) is 61.5 Å². The van der Waals surface area contributed by atoms with E-state index in [1.807, 2.05) is 0 Å². The molecule has 0 saturated carbocycles. The van der Waals surface area contributed by atoms with Gasteiger partial charge < -0.3 is 101 Å². The van der Waals surface area contributed by atoms with E-state index in [-0.39, 0.29) is 54.1 Å². The van der Waals surface area contributed by atoms with E-state index in [0.29, 0.717) is 23.5 Å². The molecule has 4 heterocycles. The first kappa shape index (κ1) is 73.8. The smallest absolute Gasteiger partial charge is 0.261 e. The highest BCUT2D eigenvalue weighted by atomic mass is 32.2. The van der Waals surface area contributed by atoms with Crippen molar-refractivity contribution in [2.75, 3.05) is 46.0 Å². The summed E-state index contributed by atoms with van der Waals surface area (Å²) in [4.78, 5) is 104. The maximum Gasteiger partial charge on any atom is 0.261 e. The van der Waals surface area contributed by atoms with E-state index < -0.39 is 184 Å². The van der Waals surface area contributed by atoms with Crippen LogP contribution in [0.4, 0.5) is 0 Å². The van der Waals surface area contributed by atoms with E-state index in [1.54, 1.807) is 24.3 Å². The highest BCUT2D eigenvalue weighted by Gasteiger charge is 2.50. The van der Waals surface area contributed by atoms with Crippen LogP contribution in [-0.2, 0) is 44.6 Å². The first-order valence-electron chi connectivity index (χ1n) is 31.0. The van der Waals surface area contributed by atoms with Crippen molar-refractivity contribution >= 4 is 53.7 Å². The van der Waals surface area contributed by atoms with Crippen molar-refractivity contribution in [1.29, 1.82) is 0 Å². The number of aliphatic hydroxyl groups excluding tert-OH is 8. The zero-order chi connectivity index (χ0) is 68.2. The fourth-order valence-electron chi connectivity index (χ4n) is 11.1. The number of carbonyl (C=O) groups is 7. The van der Waals surface area contributed by atoms with Crippen LogP contribution >= 0.6 is 12.3 Å². The quantitative estimate of drug-likeness (QED) is 0.0140. The normalized spacial score (nSPS) is 24.5. The summed E-state index contributed by atoms with van der Waals surface area (Å²) < 4.78 is 21.2. The van der Waals surface area contributed by atoms with Gasteiger partial charge in [-0.1, -0.05) is 61.4 Å². The number of phenols is 1. The Hall–Kier alpha value is -7.64. The van der Waals surface area contributed by atoms with Crippen LogP contribution in [-0.4, -0.2) is 237 Å². The van der Waals surface area contributed by atoms with Gasteiger partial charge in [-0.3, -0.25) is 33.6 Å². The molecule has 1 unspecified atom stereocenters. The van der Waals surface area contributed by atoms with Crippen LogP contribution in [0, 0.1) is 5.92 Å². The zero-order valence-electron chi connectivity index (χ0n) is 52.0. The molecule has 3 saturated heterocycles. The third-order valence-corrected chi connectivity index (χ3v) is 16.8. The van der Waals surface area contributed by atoms with Crippen LogP contribution in [0.25, 0.3) is 22.9 Å². The number of β-amino-alcohol motifs (C(OH)–C–C–N with tert-alkyl or cyclic N) is 1. The van der Waals surface area contributed by atoms with Gasteiger partial charge >= 0.3 is 0 Å². The zero-order valence-corrected chi connectivity index (χ0v) is 52.8. The Morgan fingerprint density at radius 2 is 1.39 bits per heavy atom. The average molecular weight is 1340 g/mol. The molecule has 516 valence electrons. The van der Waals surface area contributed by atoms with Gasteiger partial charge in [-0.25, -0.2) is 5.26 Å². The lowest BCUT2D eigenvalue weighted by Gasteiger charge is -2.34. The summed E-state index contributed by atoms with van der Waals surface area (Å²) in [5, 5.41) is 134. The summed E-state index contributed by atoms with van der Waals surface area (Å²) in [7, 11) is 0. The fourth-order valence-corrected chi connectivity index (χ4v) is 11.4. The number of nitrogens with zero attached hydrogens (tertiary/aromatic N) is 4. The molecular weight excluding hydrogens is 1260 g/mol. The molecular formula is C61H84N10O22S. The van der Waals surface area contributed by atoms with E-state index in [9.17, 15) is 79.5 Å². The number of fused-ring (bicyclic) bond motifs is 2. The van der Waals surface area contributed by atoms with Crippen molar-refractivity contribution in [3.05, 3.63) is 77.9 Å². The number of phenolic OH excluding ortho intramolecular Hbond substituents is 1. The number of rotatable bonds is 27. The fraction of sp³-hybridized carbons (Fsp3) is 0.557. The molecule has 0 spiro atoms. The van der Waals surface area contributed by atoms with Crippen LogP contribution in [0.15, 0.2) is 71.1 Å². The van der Waals surface area contributed by atoms with Gasteiger partial charge in [0.2, 0.25) is 47.2 Å². The Labute approximate surface area is 544 Å². The van der Waals surface area contributed by atoms with E-state index in [4.69, 9.17) is 18.6 Å². The monoisotopic (exact) mass is 1340 g/mol. The van der Waals surface area contributed by atoms with Crippen LogP contribution in [0.3, 0.4) is 0 Å². The Bertz CT molecular complexity index is 3150. The molecule has 0 bridgehead atoms. The number of benzene rings is 3. The molecule has 1 aromatic heterocycles. The minimum atomic E-state index is -2.17.